The number of carbonyl (C=O) groups is 1. The van der Waals surface area contributed by atoms with E-state index < -0.39 is 0 Å². The maximum absolute atomic E-state index is 12.4. The first-order chi connectivity index (χ1) is 12.8. The first-order valence-corrected chi connectivity index (χ1v) is 9.61. The predicted octanol–water partition coefficient (Wildman–Crippen LogP) is 5.02. The molecule has 3 aromatic rings. The van der Waals surface area contributed by atoms with Crippen molar-refractivity contribution in [2.24, 2.45) is 0 Å². The molecule has 2 aromatic heterocycles. The molecule has 1 aliphatic rings. The second-order valence-electron chi connectivity index (χ2n) is 6.32. The zero-order valence-electron chi connectivity index (χ0n) is 14.2. The number of aromatic nitrogens is 2. The lowest BCUT2D eigenvalue weighted by Crippen LogP contribution is -2.12. The topological polar surface area (TPSA) is 68.0 Å². The summed E-state index contributed by atoms with van der Waals surface area (Å²) >= 11 is 1.93. The first-order valence-electron chi connectivity index (χ1n) is 8.73. The summed E-state index contributed by atoms with van der Waals surface area (Å²) in [6, 6.07) is 13.2. The van der Waals surface area contributed by atoms with E-state index in [9.17, 15) is 4.79 Å². The fourth-order valence-corrected chi connectivity index (χ4v) is 4.29. The van der Waals surface area contributed by atoms with Crippen LogP contribution in [0.4, 0.5) is 5.69 Å². The van der Waals surface area contributed by atoms with Gasteiger partial charge in [0.2, 0.25) is 0 Å². The average molecular weight is 365 g/mol. The van der Waals surface area contributed by atoms with E-state index in [2.05, 4.69) is 27.6 Å². The van der Waals surface area contributed by atoms with Gasteiger partial charge in [0.25, 0.3) is 5.91 Å². The zero-order valence-corrected chi connectivity index (χ0v) is 15.0. The van der Waals surface area contributed by atoms with Crippen molar-refractivity contribution in [1.82, 2.24) is 10.1 Å². The maximum atomic E-state index is 12.4. The van der Waals surface area contributed by atoms with E-state index >= 15 is 0 Å². The second kappa shape index (κ2) is 7.74. The largest absolute Gasteiger partial charge is 0.355 e. The highest BCUT2D eigenvalue weighted by molar-refractivity contribution is 8.00. The van der Waals surface area contributed by atoms with E-state index in [-0.39, 0.29) is 11.6 Å². The molecule has 1 saturated carbocycles. The van der Waals surface area contributed by atoms with Crippen LogP contribution in [0.15, 0.2) is 64.3 Å². The molecule has 1 amide bonds. The fourth-order valence-electron chi connectivity index (χ4n) is 3.05. The van der Waals surface area contributed by atoms with Crippen LogP contribution < -0.4 is 5.32 Å². The fraction of sp³-hybridized carbons (Fsp3) is 0.250. The molecule has 0 radical (unpaired) electrons. The smallest absolute Gasteiger partial charge is 0.277 e. The number of nitrogens with one attached hydrogen (secondary N) is 1. The molecule has 1 N–H and O–H groups in total. The van der Waals surface area contributed by atoms with Gasteiger partial charge < -0.3 is 9.84 Å². The predicted molar refractivity (Wildman–Crippen MR) is 102 cm³/mol. The van der Waals surface area contributed by atoms with Crippen LogP contribution in [0.3, 0.4) is 0 Å². The Labute approximate surface area is 156 Å². The van der Waals surface area contributed by atoms with Gasteiger partial charge in [-0.2, -0.15) is 0 Å². The van der Waals surface area contributed by atoms with Gasteiger partial charge in [0.1, 0.15) is 0 Å². The van der Waals surface area contributed by atoms with Crippen molar-refractivity contribution in [2.45, 2.75) is 35.8 Å². The lowest BCUT2D eigenvalue weighted by molar-refractivity contribution is 0.101. The minimum absolute atomic E-state index is 0.251. The van der Waals surface area contributed by atoms with Crippen molar-refractivity contribution in [3.05, 3.63) is 60.6 Å². The lowest BCUT2D eigenvalue weighted by Gasteiger charge is -2.09. The van der Waals surface area contributed by atoms with Gasteiger partial charge in [-0.3, -0.25) is 9.78 Å². The molecule has 1 aliphatic carbocycles. The Morgan fingerprint density at radius 3 is 2.54 bits per heavy atom. The van der Waals surface area contributed by atoms with Crippen LogP contribution in [0.1, 0.15) is 36.2 Å². The standard InChI is InChI=1S/C20H19N3O2S/c24-20(18-13-19(25-23-18)14-9-11-21-12-10-14)22-15-5-7-17(8-6-15)26-16-3-1-2-4-16/h5-13,16H,1-4H2,(H,22,24). The van der Waals surface area contributed by atoms with E-state index in [4.69, 9.17) is 4.52 Å². The monoisotopic (exact) mass is 365 g/mol. The molecule has 5 nitrogen and oxygen atoms in total. The third-order valence-corrected chi connectivity index (χ3v) is 5.77. The van der Waals surface area contributed by atoms with Gasteiger partial charge >= 0.3 is 0 Å². The number of hydrogen-bond donors (Lipinski definition) is 1. The molecule has 2 heterocycles. The number of anilines is 1. The van der Waals surface area contributed by atoms with Gasteiger partial charge in [-0.1, -0.05) is 18.0 Å². The van der Waals surface area contributed by atoms with Crippen molar-refractivity contribution >= 4 is 23.4 Å². The molecule has 4 rings (SSSR count). The van der Waals surface area contributed by atoms with Crippen LogP contribution >= 0.6 is 11.8 Å². The average Bonchev–Trinajstić information content (AvgIpc) is 3.36. The molecule has 0 spiro atoms. The highest BCUT2D eigenvalue weighted by Crippen LogP contribution is 2.35. The Bertz CT molecular complexity index is 872. The van der Waals surface area contributed by atoms with E-state index in [1.54, 1.807) is 18.5 Å². The SMILES string of the molecule is O=C(Nc1ccc(SC2CCCC2)cc1)c1cc(-c2ccncc2)on1. The third-order valence-electron chi connectivity index (χ3n) is 4.42. The van der Waals surface area contributed by atoms with Crippen molar-refractivity contribution in [3.63, 3.8) is 0 Å². The maximum Gasteiger partial charge on any atom is 0.277 e. The van der Waals surface area contributed by atoms with Gasteiger partial charge in [0.05, 0.1) is 0 Å². The number of nitrogens with zero attached hydrogens (tertiary/aromatic N) is 2. The van der Waals surface area contributed by atoms with Crippen LogP contribution in [0.25, 0.3) is 11.3 Å². The molecule has 26 heavy (non-hydrogen) atoms. The third kappa shape index (κ3) is 3.96. The van der Waals surface area contributed by atoms with Crippen LogP contribution in [0, 0.1) is 0 Å². The molecular formula is C20H19N3O2S. The highest BCUT2D eigenvalue weighted by Gasteiger charge is 2.17. The number of pyridine rings is 1. The zero-order chi connectivity index (χ0) is 17.8. The van der Waals surface area contributed by atoms with Crippen LogP contribution in [0.5, 0.6) is 0 Å². The number of thioether (sulfide) groups is 1. The summed E-state index contributed by atoms with van der Waals surface area (Å²) in [6.45, 7) is 0. The minimum atomic E-state index is -0.287. The summed E-state index contributed by atoms with van der Waals surface area (Å²) < 4.78 is 5.26. The highest BCUT2D eigenvalue weighted by atomic mass is 32.2. The number of rotatable bonds is 5. The lowest BCUT2D eigenvalue weighted by atomic mass is 10.2. The summed E-state index contributed by atoms with van der Waals surface area (Å²) in [5.41, 5.74) is 1.83. The van der Waals surface area contributed by atoms with E-state index in [1.807, 2.05) is 36.0 Å². The van der Waals surface area contributed by atoms with Gasteiger partial charge in [-0.15, -0.1) is 11.8 Å². The molecule has 1 fully saturated rings. The Kier molecular flexibility index (Phi) is 5.02. The molecule has 1 aromatic carbocycles. The normalized spacial score (nSPS) is 14.5. The molecule has 132 valence electrons. The summed E-state index contributed by atoms with van der Waals surface area (Å²) in [5.74, 6) is 0.256. The molecule has 0 saturated heterocycles. The number of amides is 1. The molecule has 0 aliphatic heterocycles. The quantitative estimate of drug-likeness (QED) is 0.687. The summed E-state index contributed by atoms with van der Waals surface area (Å²) in [5, 5.41) is 7.46. The molecule has 0 bridgehead atoms. The number of carbonyl (C=O) groups excluding carboxylic acids is 1. The van der Waals surface area contributed by atoms with Crippen LogP contribution in [0.2, 0.25) is 0 Å². The van der Waals surface area contributed by atoms with Crippen molar-refractivity contribution in [3.8, 4) is 11.3 Å². The second-order valence-corrected chi connectivity index (χ2v) is 7.69. The Morgan fingerprint density at radius 2 is 1.81 bits per heavy atom. The van der Waals surface area contributed by atoms with Gasteiger partial charge in [-0.25, -0.2) is 0 Å². The molecule has 6 heteroatoms. The van der Waals surface area contributed by atoms with E-state index in [0.717, 1.165) is 16.5 Å². The molecular weight excluding hydrogens is 346 g/mol. The summed E-state index contributed by atoms with van der Waals surface area (Å²) in [6.07, 6.45) is 8.62. The summed E-state index contributed by atoms with van der Waals surface area (Å²) in [4.78, 5) is 17.6. The Morgan fingerprint density at radius 1 is 1.08 bits per heavy atom. The molecule has 0 unspecified atom stereocenters. The van der Waals surface area contributed by atoms with Gasteiger partial charge in [-0.05, 0) is 49.2 Å². The minimum Gasteiger partial charge on any atom is -0.355 e. The van der Waals surface area contributed by atoms with E-state index in [0.29, 0.717) is 5.76 Å². The number of benzene rings is 1. The Hall–Kier alpha value is -2.60. The van der Waals surface area contributed by atoms with E-state index in [1.165, 1.54) is 30.6 Å². The first kappa shape index (κ1) is 16.8. The van der Waals surface area contributed by atoms with Crippen molar-refractivity contribution in [1.29, 1.82) is 0 Å². The van der Waals surface area contributed by atoms with Crippen LogP contribution in [-0.4, -0.2) is 21.3 Å². The van der Waals surface area contributed by atoms with Gasteiger partial charge in [0.15, 0.2) is 11.5 Å². The summed E-state index contributed by atoms with van der Waals surface area (Å²) in [7, 11) is 0. The van der Waals surface area contributed by atoms with Crippen molar-refractivity contribution < 1.29 is 9.32 Å². The number of hydrogen-bond acceptors (Lipinski definition) is 5. The van der Waals surface area contributed by atoms with Crippen LogP contribution in [-0.2, 0) is 0 Å². The van der Waals surface area contributed by atoms with Gasteiger partial charge in [0, 0.05) is 39.9 Å². The Balaban J connectivity index is 1.39. The molecule has 0 atom stereocenters. The van der Waals surface area contributed by atoms with Crippen molar-refractivity contribution in [2.75, 3.05) is 5.32 Å².